The second kappa shape index (κ2) is 39.7. The largest absolute Gasteiger partial charge is 0.314 e. The van der Waals surface area contributed by atoms with E-state index in [0.29, 0.717) is 0 Å². The van der Waals surface area contributed by atoms with Crippen LogP contribution in [-0.2, 0) is 19.5 Å². The zero-order chi connectivity index (χ0) is 2.00. The van der Waals surface area contributed by atoms with Crippen molar-refractivity contribution in [2.75, 3.05) is 0 Å². The van der Waals surface area contributed by atoms with Crippen molar-refractivity contribution in [3.8, 4) is 0 Å². The molecule has 0 aromatic carbocycles. The molecule has 0 aliphatic rings. The molecule has 0 spiro atoms. The zero-order valence-corrected chi connectivity index (χ0v) is 8.64. The first kappa shape index (κ1) is 28.7. The quantitative estimate of drug-likeness (QED) is 0.444. The van der Waals surface area contributed by atoms with Gasteiger partial charge in [0.25, 0.3) is 0 Å². The van der Waals surface area contributed by atoms with E-state index in [4.69, 9.17) is 0 Å². The molecule has 3 unspecified atom stereocenters. The average molecular weight is 218 g/mol. The van der Waals surface area contributed by atoms with Crippen molar-refractivity contribution >= 4 is 29.2 Å². The summed E-state index contributed by atoms with van der Waals surface area (Å²) >= 11 is 0. The van der Waals surface area contributed by atoms with E-state index in [1.807, 2.05) is 9.39 Å². The van der Waals surface area contributed by atoms with E-state index in [9.17, 15) is 0 Å². The Bertz CT molecular complexity index is 6.85. The molecular weight excluding hydrogens is 208 g/mol. The van der Waals surface area contributed by atoms with E-state index in [1.165, 1.54) is 0 Å². The summed E-state index contributed by atoms with van der Waals surface area (Å²) in [5.41, 5.74) is 4.42. The van der Waals surface area contributed by atoms with Crippen LogP contribution in [0.1, 0.15) is 0 Å². The summed E-state index contributed by atoms with van der Waals surface area (Å²) in [5, 5.41) is 0. The van der Waals surface area contributed by atoms with E-state index in [-0.39, 0.29) is 39.3 Å². The van der Waals surface area contributed by atoms with Crippen LogP contribution in [0.3, 0.4) is 0 Å². The fourth-order valence-corrected chi connectivity index (χ4v) is 0. The molecule has 0 aliphatic heterocycles. The normalized spacial score (nSPS) is 1.20. The first-order valence-corrected chi connectivity index (χ1v) is 1.00. The van der Waals surface area contributed by atoms with E-state index in [2.05, 4.69) is 5.50 Å². The van der Waals surface area contributed by atoms with Crippen molar-refractivity contribution in [2.24, 2.45) is 5.50 Å². The Morgan fingerprint density at radius 2 is 1.00 bits per heavy atom. The summed E-state index contributed by atoms with van der Waals surface area (Å²) in [7, 11) is 1.92. The van der Waals surface area contributed by atoms with Crippen molar-refractivity contribution in [1.82, 2.24) is 0 Å². The molecule has 0 aliphatic carbocycles. The van der Waals surface area contributed by atoms with Crippen molar-refractivity contribution in [3.05, 3.63) is 0 Å². The van der Waals surface area contributed by atoms with Crippen molar-refractivity contribution in [2.45, 2.75) is 0 Å². The SMILES string of the molecule is NP.P.P.[Ru]. The molecule has 1 nitrogen and oxygen atoms in total. The third kappa shape index (κ3) is 25.1. The summed E-state index contributed by atoms with van der Waals surface area (Å²) < 4.78 is 0. The molecule has 5 heteroatoms. The molecule has 3 atom stereocenters. The van der Waals surface area contributed by atoms with E-state index < -0.39 is 0 Å². The first-order chi connectivity index (χ1) is 1.00. The topological polar surface area (TPSA) is 26.0 Å². The summed E-state index contributed by atoms with van der Waals surface area (Å²) in [5.74, 6) is 0. The predicted molar refractivity (Wildman–Crippen MR) is 36.1 cm³/mol. The summed E-state index contributed by atoms with van der Waals surface area (Å²) in [6, 6.07) is 0. The third-order valence-corrected chi connectivity index (χ3v) is 0. The summed E-state index contributed by atoms with van der Waals surface area (Å²) in [4.78, 5) is 0. The maximum absolute atomic E-state index is 4.42. The Morgan fingerprint density at radius 3 is 1.00 bits per heavy atom. The van der Waals surface area contributed by atoms with Crippen LogP contribution in [0, 0.1) is 0 Å². The molecule has 0 heterocycles. The van der Waals surface area contributed by atoms with E-state index >= 15 is 0 Å². The van der Waals surface area contributed by atoms with Crippen LogP contribution in [0.4, 0.5) is 0 Å². The average Bonchev–Trinajstić information content (AvgIpc) is 1.00. The number of rotatable bonds is 0. The zero-order valence-electron chi connectivity index (χ0n) is 2.92. The first-order valence-electron chi connectivity index (χ1n) is 0.333. The van der Waals surface area contributed by atoms with Gasteiger partial charge in [-0.25, -0.2) is 0 Å². The standard InChI is InChI=1S/H4NP.2H3P.Ru/c1-2;;;/h1-2H2;2*1H3;. The molecule has 0 fully saturated rings. The minimum Gasteiger partial charge on any atom is -0.314 e. The minimum atomic E-state index is 0. The molecule has 0 aromatic rings. The fraction of sp³-hybridized carbons (Fsp3) is 0. The van der Waals surface area contributed by atoms with Crippen molar-refractivity contribution < 1.29 is 19.5 Å². The summed E-state index contributed by atoms with van der Waals surface area (Å²) in [6.07, 6.45) is 0. The van der Waals surface area contributed by atoms with Crippen LogP contribution in [0.25, 0.3) is 0 Å². The van der Waals surface area contributed by atoms with Crippen LogP contribution < -0.4 is 5.50 Å². The molecule has 0 saturated carbocycles. The second-order valence-corrected chi connectivity index (χ2v) is 0. The van der Waals surface area contributed by atoms with Gasteiger partial charge in [-0.3, -0.25) is 0 Å². The van der Waals surface area contributed by atoms with Gasteiger partial charge in [-0.15, -0.1) is 0 Å². The van der Waals surface area contributed by atoms with Crippen molar-refractivity contribution in [3.63, 3.8) is 0 Å². The van der Waals surface area contributed by atoms with Gasteiger partial charge in [-0.05, 0) is 0 Å². The molecule has 0 rings (SSSR count). The maximum atomic E-state index is 4.42. The Hall–Kier alpha value is 1.87. The van der Waals surface area contributed by atoms with Crippen LogP contribution in [-0.4, -0.2) is 0 Å². The van der Waals surface area contributed by atoms with Gasteiger partial charge in [0.15, 0.2) is 0 Å². The molecule has 0 bridgehead atoms. The molecule has 0 aromatic heterocycles. The van der Waals surface area contributed by atoms with Gasteiger partial charge in [0.1, 0.15) is 0 Å². The number of hydrogen-bond donors (Lipinski definition) is 1. The van der Waals surface area contributed by atoms with Gasteiger partial charge in [0.2, 0.25) is 0 Å². The van der Waals surface area contributed by atoms with E-state index in [0.717, 1.165) is 0 Å². The molecule has 0 radical (unpaired) electrons. The molecular formula is H10NP3Ru. The molecule has 5 heavy (non-hydrogen) atoms. The third-order valence-electron chi connectivity index (χ3n) is 0. The predicted octanol–water partition coefficient (Wildman–Crippen LogP) is -0.151. The molecule has 0 saturated heterocycles. The van der Waals surface area contributed by atoms with Crippen molar-refractivity contribution in [1.29, 1.82) is 0 Å². The number of nitrogens with two attached hydrogens (primary N) is 1. The van der Waals surface area contributed by atoms with Gasteiger partial charge in [0.05, 0.1) is 0 Å². The molecule has 38 valence electrons. The monoisotopic (exact) mass is 219 g/mol. The van der Waals surface area contributed by atoms with Gasteiger partial charge in [-0.1, -0.05) is 9.39 Å². The van der Waals surface area contributed by atoms with Crippen LogP contribution in [0.2, 0.25) is 0 Å². The second-order valence-electron chi connectivity index (χ2n) is 0. The molecule has 2 N–H and O–H groups in total. The van der Waals surface area contributed by atoms with Gasteiger partial charge in [-0.2, -0.15) is 19.8 Å². The minimum absolute atomic E-state index is 0. The van der Waals surface area contributed by atoms with Crippen LogP contribution >= 0.6 is 29.2 Å². The van der Waals surface area contributed by atoms with E-state index in [1.54, 1.807) is 0 Å². The summed E-state index contributed by atoms with van der Waals surface area (Å²) in [6.45, 7) is 0. The van der Waals surface area contributed by atoms with Crippen LogP contribution in [0.15, 0.2) is 0 Å². The van der Waals surface area contributed by atoms with Crippen LogP contribution in [0.5, 0.6) is 0 Å². The Kier molecular flexibility index (Phi) is 228. The maximum Gasteiger partial charge on any atom is 0 e. The Morgan fingerprint density at radius 1 is 1.00 bits per heavy atom. The van der Waals surface area contributed by atoms with Gasteiger partial charge >= 0.3 is 0 Å². The Balaban J connectivity index is -0.00000000167. The Labute approximate surface area is 54.5 Å². The van der Waals surface area contributed by atoms with Gasteiger partial charge < -0.3 is 5.50 Å². The number of hydrogen-bond acceptors (Lipinski definition) is 1. The van der Waals surface area contributed by atoms with Gasteiger partial charge in [0, 0.05) is 19.5 Å². The fourth-order valence-electron chi connectivity index (χ4n) is 0. The molecule has 0 amide bonds. The smallest absolute Gasteiger partial charge is 0 e.